The molecule has 0 aliphatic carbocycles. The first-order valence-electron chi connectivity index (χ1n) is 4.62. The Morgan fingerprint density at radius 1 is 1.50 bits per heavy atom. The minimum absolute atomic E-state index is 0.322. The first-order valence-corrected chi connectivity index (χ1v) is 4.62. The molecule has 0 aromatic rings. The molecule has 0 fully saturated rings. The van der Waals surface area contributed by atoms with Crippen molar-refractivity contribution in [2.24, 2.45) is 5.92 Å². The molecule has 0 aliphatic rings. The van der Waals surface area contributed by atoms with Crippen molar-refractivity contribution in [2.75, 3.05) is 0 Å². The standard InChI is InChI=1S/C10H19O2/c1-5-6-7-10(4,9(2)3)12-8-11/h9H,5-7H2,1-4H3. The molecule has 0 aromatic heterocycles. The lowest BCUT2D eigenvalue weighted by Crippen LogP contribution is -2.34. The lowest BCUT2D eigenvalue weighted by molar-refractivity contribution is 0.0146. The Morgan fingerprint density at radius 2 is 2.08 bits per heavy atom. The van der Waals surface area contributed by atoms with Gasteiger partial charge in [-0.15, -0.1) is 0 Å². The van der Waals surface area contributed by atoms with Crippen molar-refractivity contribution in [2.45, 2.75) is 52.6 Å². The highest BCUT2D eigenvalue weighted by Gasteiger charge is 2.29. The van der Waals surface area contributed by atoms with E-state index in [4.69, 9.17) is 4.74 Å². The Bertz CT molecular complexity index is 132. The zero-order valence-corrected chi connectivity index (χ0v) is 8.52. The maximum absolute atomic E-state index is 10.1. The van der Waals surface area contributed by atoms with Gasteiger partial charge < -0.3 is 4.74 Å². The molecule has 0 amide bonds. The predicted molar refractivity (Wildman–Crippen MR) is 49.5 cm³/mol. The fraction of sp³-hybridized carbons (Fsp3) is 0.900. The zero-order valence-electron chi connectivity index (χ0n) is 8.52. The molecule has 0 bridgehead atoms. The molecule has 1 atom stereocenters. The van der Waals surface area contributed by atoms with Crippen LogP contribution in [0.5, 0.6) is 0 Å². The third-order valence-corrected chi connectivity index (χ3v) is 2.52. The van der Waals surface area contributed by atoms with Gasteiger partial charge in [-0.1, -0.05) is 27.2 Å². The maximum atomic E-state index is 10.1. The normalized spacial score (nSPS) is 15.8. The van der Waals surface area contributed by atoms with E-state index in [2.05, 4.69) is 20.8 Å². The fourth-order valence-corrected chi connectivity index (χ4v) is 1.08. The summed E-state index contributed by atoms with van der Waals surface area (Å²) < 4.78 is 4.99. The smallest absolute Gasteiger partial charge is 0.418 e. The van der Waals surface area contributed by atoms with Gasteiger partial charge in [-0.2, -0.15) is 0 Å². The summed E-state index contributed by atoms with van der Waals surface area (Å²) in [5.74, 6) is 0.352. The molecule has 1 unspecified atom stereocenters. The van der Waals surface area contributed by atoms with Crippen molar-refractivity contribution >= 4 is 6.47 Å². The van der Waals surface area contributed by atoms with Crippen LogP contribution in [0.3, 0.4) is 0 Å². The molecule has 0 saturated carbocycles. The fourth-order valence-electron chi connectivity index (χ4n) is 1.08. The van der Waals surface area contributed by atoms with Gasteiger partial charge in [0, 0.05) is 0 Å². The highest BCUT2D eigenvalue weighted by Crippen LogP contribution is 2.26. The van der Waals surface area contributed by atoms with Gasteiger partial charge in [0.2, 0.25) is 0 Å². The van der Waals surface area contributed by atoms with Crippen LogP contribution in [0.2, 0.25) is 0 Å². The molecule has 0 spiro atoms. The lowest BCUT2D eigenvalue weighted by Gasteiger charge is -2.31. The van der Waals surface area contributed by atoms with Gasteiger partial charge >= 0.3 is 6.47 Å². The molecule has 0 rings (SSSR count). The Labute approximate surface area is 75.3 Å². The van der Waals surface area contributed by atoms with E-state index < -0.39 is 0 Å². The number of carbonyl (C=O) groups excluding carboxylic acids is 1. The summed E-state index contributed by atoms with van der Waals surface area (Å²) in [6, 6.07) is 0. The van der Waals surface area contributed by atoms with Crippen LogP contribution in [0.15, 0.2) is 0 Å². The summed E-state index contributed by atoms with van der Waals surface area (Å²) in [5.41, 5.74) is -0.322. The van der Waals surface area contributed by atoms with Crippen LogP contribution < -0.4 is 0 Å². The molecule has 0 N–H and O–H groups in total. The Kier molecular flexibility index (Phi) is 4.95. The first-order chi connectivity index (χ1) is 5.56. The topological polar surface area (TPSA) is 26.3 Å². The lowest BCUT2D eigenvalue weighted by atomic mass is 9.87. The highest BCUT2D eigenvalue weighted by atomic mass is 16.5. The van der Waals surface area contributed by atoms with Gasteiger partial charge in [0.25, 0.3) is 0 Å². The second-order valence-corrected chi connectivity index (χ2v) is 3.76. The molecule has 2 heteroatoms. The zero-order chi connectivity index (χ0) is 9.61. The van der Waals surface area contributed by atoms with Gasteiger partial charge in [-0.25, -0.2) is 4.79 Å². The highest BCUT2D eigenvalue weighted by molar-refractivity contribution is 5.39. The quantitative estimate of drug-likeness (QED) is 0.614. The number of hydrogen-bond donors (Lipinski definition) is 0. The van der Waals surface area contributed by atoms with E-state index in [1.54, 1.807) is 6.47 Å². The van der Waals surface area contributed by atoms with Crippen LogP contribution >= 0.6 is 0 Å². The summed E-state index contributed by atoms with van der Waals surface area (Å²) in [5, 5.41) is 0. The molecule has 0 aliphatic heterocycles. The maximum Gasteiger partial charge on any atom is 0.418 e. The van der Waals surface area contributed by atoms with Gasteiger partial charge in [0.05, 0.1) is 0 Å². The Morgan fingerprint density at radius 3 is 2.42 bits per heavy atom. The van der Waals surface area contributed by atoms with Crippen LogP contribution in [0.25, 0.3) is 0 Å². The number of rotatable bonds is 6. The van der Waals surface area contributed by atoms with E-state index in [1.165, 1.54) is 0 Å². The van der Waals surface area contributed by atoms with Crippen LogP contribution in [-0.2, 0) is 9.53 Å². The summed E-state index contributed by atoms with van der Waals surface area (Å²) in [6.45, 7) is 9.77. The largest absolute Gasteiger partial charge is 0.451 e. The molecular weight excluding hydrogens is 152 g/mol. The monoisotopic (exact) mass is 171 g/mol. The molecular formula is C10H19O2. The van der Waals surface area contributed by atoms with Gasteiger partial charge in [-0.05, 0) is 25.7 Å². The summed E-state index contributed by atoms with van der Waals surface area (Å²) in [7, 11) is 0. The van der Waals surface area contributed by atoms with Crippen molar-refractivity contribution < 1.29 is 9.53 Å². The Hall–Kier alpha value is -0.530. The molecule has 0 saturated heterocycles. The molecule has 12 heavy (non-hydrogen) atoms. The van der Waals surface area contributed by atoms with Gasteiger partial charge in [0.1, 0.15) is 5.60 Å². The van der Waals surface area contributed by atoms with Gasteiger partial charge in [-0.3, -0.25) is 0 Å². The average Bonchev–Trinajstić information content (AvgIpc) is 2.01. The van der Waals surface area contributed by atoms with E-state index in [-0.39, 0.29) is 5.60 Å². The summed E-state index contributed by atoms with van der Waals surface area (Å²) in [4.78, 5) is 10.1. The van der Waals surface area contributed by atoms with Crippen LogP contribution in [0.4, 0.5) is 0 Å². The second-order valence-electron chi connectivity index (χ2n) is 3.76. The van der Waals surface area contributed by atoms with E-state index in [1.807, 2.05) is 6.92 Å². The van der Waals surface area contributed by atoms with Crippen molar-refractivity contribution in [1.29, 1.82) is 0 Å². The van der Waals surface area contributed by atoms with Crippen molar-refractivity contribution in [3.8, 4) is 0 Å². The van der Waals surface area contributed by atoms with Crippen molar-refractivity contribution in [3.63, 3.8) is 0 Å². The number of hydrogen-bond acceptors (Lipinski definition) is 2. The first kappa shape index (κ1) is 11.5. The Balaban J connectivity index is 4.07. The number of ether oxygens (including phenoxy) is 1. The van der Waals surface area contributed by atoms with Crippen LogP contribution in [0.1, 0.15) is 47.0 Å². The molecule has 2 nitrogen and oxygen atoms in total. The average molecular weight is 171 g/mol. The predicted octanol–water partition coefficient (Wildman–Crippen LogP) is 2.68. The summed E-state index contributed by atoms with van der Waals surface area (Å²) in [6.07, 6.45) is 3.15. The van der Waals surface area contributed by atoms with Crippen LogP contribution in [-0.4, -0.2) is 12.1 Å². The summed E-state index contributed by atoms with van der Waals surface area (Å²) >= 11 is 0. The number of unbranched alkanes of at least 4 members (excludes halogenated alkanes) is 1. The minimum Gasteiger partial charge on any atom is -0.451 e. The third-order valence-electron chi connectivity index (χ3n) is 2.52. The van der Waals surface area contributed by atoms with Crippen molar-refractivity contribution in [3.05, 3.63) is 0 Å². The molecule has 1 radical (unpaired) electrons. The van der Waals surface area contributed by atoms with E-state index in [0.29, 0.717) is 5.92 Å². The molecule has 0 aromatic carbocycles. The second kappa shape index (κ2) is 5.18. The van der Waals surface area contributed by atoms with E-state index in [0.717, 1.165) is 19.3 Å². The molecule has 71 valence electrons. The van der Waals surface area contributed by atoms with E-state index in [9.17, 15) is 4.79 Å². The minimum atomic E-state index is -0.322. The SMILES string of the molecule is CCCCC(C)(O[C]=O)C(C)C. The van der Waals surface area contributed by atoms with Crippen LogP contribution in [0, 0.1) is 5.92 Å². The molecule has 0 heterocycles. The third kappa shape index (κ3) is 3.24. The van der Waals surface area contributed by atoms with E-state index >= 15 is 0 Å². The van der Waals surface area contributed by atoms with Crippen molar-refractivity contribution in [1.82, 2.24) is 0 Å². The van der Waals surface area contributed by atoms with Gasteiger partial charge in [0.15, 0.2) is 0 Å².